The smallest absolute Gasteiger partial charge is 0.396 e. The van der Waals surface area contributed by atoms with Gasteiger partial charge >= 0.3 is 6.18 Å². The zero-order valence-corrected chi connectivity index (χ0v) is 9.61. The summed E-state index contributed by atoms with van der Waals surface area (Å²) < 4.78 is 50.2. The van der Waals surface area contributed by atoms with Gasteiger partial charge in [0, 0.05) is 6.61 Å². The van der Waals surface area contributed by atoms with Crippen molar-refractivity contribution < 1.29 is 22.7 Å². The van der Waals surface area contributed by atoms with E-state index in [-0.39, 0.29) is 6.61 Å². The molecule has 0 aliphatic rings. The fourth-order valence-corrected chi connectivity index (χ4v) is 1.51. The zero-order valence-electron chi connectivity index (χ0n) is 9.61. The minimum absolute atomic E-state index is 0.115. The molecule has 1 N–H and O–H groups in total. The van der Waals surface area contributed by atoms with Gasteiger partial charge in [-0.25, -0.2) is 4.39 Å². The molecule has 0 spiro atoms. The maximum atomic E-state index is 13.2. The van der Waals surface area contributed by atoms with Crippen LogP contribution in [0.1, 0.15) is 25.0 Å². The largest absolute Gasteiger partial charge is 0.419 e. The van der Waals surface area contributed by atoms with Crippen molar-refractivity contribution in [1.82, 2.24) is 0 Å². The van der Waals surface area contributed by atoms with E-state index < -0.39 is 23.0 Å². The minimum atomic E-state index is -4.67. The van der Waals surface area contributed by atoms with E-state index in [9.17, 15) is 17.6 Å². The Hall–Kier alpha value is -1.10. The van der Waals surface area contributed by atoms with Crippen molar-refractivity contribution in [3.8, 4) is 0 Å². The summed E-state index contributed by atoms with van der Waals surface area (Å²) in [5.74, 6) is -1.27. The zero-order chi connectivity index (χ0) is 13.3. The fraction of sp³-hybridized carbons (Fsp3) is 0.500. The summed E-state index contributed by atoms with van der Waals surface area (Å²) in [6.45, 7) is 3.39. The van der Waals surface area contributed by atoms with E-state index >= 15 is 0 Å². The van der Waals surface area contributed by atoms with Gasteiger partial charge in [0.1, 0.15) is 5.82 Å². The van der Waals surface area contributed by atoms with Crippen LogP contribution in [0.3, 0.4) is 0 Å². The summed E-state index contributed by atoms with van der Waals surface area (Å²) in [4.78, 5) is 0. The first kappa shape index (κ1) is 14.0. The summed E-state index contributed by atoms with van der Waals surface area (Å²) in [5, 5.41) is 9.03. The maximum absolute atomic E-state index is 13.2. The standard InChI is InChI=1S/C12H14F4O/c1-11(2,7-17)6-8-3-4-9(10(13)5-8)12(14,15)16/h3-5,17H,6-7H2,1-2H3. The molecule has 0 atom stereocenters. The molecule has 0 fully saturated rings. The van der Waals surface area contributed by atoms with Crippen LogP contribution in [-0.4, -0.2) is 11.7 Å². The lowest BCUT2D eigenvalue weighted by molar-refractivity contribution is -0.140. The number of halogens is 4. The van der Waals surface area contributed by atoms with Crippen LogP contribution < -0.4 is 0 Å². The Bertz CT molecular complexity index is 396. The summed E-state index contributed by atoms with van der Waals surface area (Å²) in [6.07, 6.45) is -4.35. The fourth-order valence-electron chi connectivity index (χ4n) is 1.51. The number of aliphatic hydroxyl groups excluding tert-OH is 1. The Balaban J connectivity index is 2.98. The highest BCUT2D eigenvalue weighted by molar-refractivity contribution is 5.27. The first-order valence-corrected chi connectivity index (χ1v) is 5.12. The average Bonchev–Trinajstić information content (AvgIpc) is 2.15. The van der Waals surface area contributed by atoms with E-state index in [2.05, 4.69) is 0 Å². The monoisotopic (exact) mass is 250 g/mol. The van der Waals surface area contributed by atoms with Crippen molar-refractivity contribution in [3.63, 3.8) is 0 Å². The number of hydrogen-bond acceptors (Lipinski definition) is 1. The Labute approximate surface area is 97.1 Å². The van der Waals surface area contributed by atoms with Crippen LogP contribution in [0.5, 0.6) is 0 Å². The molecule has 0 aliphatic carbocycles. The van der Waals surface area contributed by atoms with Crippen molar-refractivity contribution in [1.29, 1.82) is 0 Å². The molecule has 0 heterocycles. The first-order valence-electron chi connectivity index (χ1n) is 5.12. The van der Waals surface area contributed by atoms with Crippen LogP contribution in [0.2, 0.25) is 0 Å². The number of hydrogen-bond donors (Lipinski definition) is 1. The quantitative estimate of drug-likeness (QED) is 0.815. The van der Waals surface area contributed by atoms with Gasteiger partial charge in [-0.3, -0.25) is 0 Å². The molecule has 0 radical (unpaired) electrons. The lowest BCUT2D eigenvalue weighted by atomic mass is 9.86. The summed E-state index contributed by atoms with van der Waals surface area (Å²) in [5.41, 5.74) is -1.30. The van der Waals surface area contributed by atoms with Crippen molar-refractivity contribution in [2.24, 2.45) is 5.41 Å². The minimum Gasteiger partial charge on any atom is -0.396 e. The van der Waals surface area contributed by atoms with E-state index in [4.69, 9.17) is 5.11 Å². The van der Waals surface area contributed by atoms with Crippen molar-refractivity contribution in [3.05, 3.63) is 35.1 Å². The van der Waals surface area contributed by atoms with E-state index in [0.717, 1.165) is 12.1 Å². The molecule has 5 heteroatoms. The Morgan fingerprint density at radius 1 is 1.18 bits per heavy atom. The second-order valence-corrected chi connectivity index (χ2v) is 4.81. The van der Waals surface area contributed by atoms with Gasteiger partial charge in [0.15, 0.2) is 0 Å². The molecular weight excluding hydrogens is 236 g/mol. The van der Waals surface area contributed by atoms with Crippen molar-refractivity contribution in [2.45, 2.75) is 26.4 Å². The van der Waals surface area contributed by atoms with Crippen LogP contribution in [0.25, 0.3) is 0 Å². The second kappa shape index (κ2) is 4.64. The van der Waals surface area contributed by atoms with Crippen LogP contribution in [-0.2, 0) is 12.6 Å². The summed E-state index contributed by atoms with van der Waals surface area (Å²) >= 11 is 0. The Morgan fingerprint density at radius 3 is 2.18 bits per heavy atom. The SMILES string of the molecule is CC(C)(CO)Cc1ccc(C(F)(F)F)c(F)c1. The first-order chi connectivity index (χ1) is 7.65. The van der Waals surface area contributed by atoms with Gasteiger partial charge in [0.25, 0.3) is 0 Å². The highest BCUT2D eigenvalue weighted by atomic mass is 19.4. The van der Waals surface area contributed by atoms with Crippen LogP contribution in [0, 0.1) is 11.2 Å². The average molecular weight is 250 g/mol. The van der Waals surface area contributed by atoms with E-state index in [0.29, 0.717) is 12.0 Å². The van der Waals surface area contributed by atoms with E-state index in [1.54, 1.807) is 13.8 Å². The Kier molecular flexibility index (Phi) is 3.81. The van der Waals surface area contributed by atoms with Crippen molar-refractivity contribution in [2.75, 3.05) is 6.61 Å². The van der Waals surface area contributed by atoms with Gasteiger partial charge in [-0.15, -0.1) is 0 Å². The van der Waals surface area contributed by atoms with Gasteiger partial charge in [-0.05, 0) is 29.5 Å². The van der Waals surface area contributed by atoms with E-state index in [1.165, 1.54) is 6.07 Å². The van der Waals surface area contributed by atoms with Crippen LogP contribution in [0.4, 0.5) is 17.6 Å². The molecule has 1 nitrogen and oxygen atoms in total. The van der Waals surface area contributed by atoms with Gasteiger partial charge in [-0.2, -0.15) is 13.2 Å². The molecule has 1 rings (SSSR count). The molecule has 0 unspecified atom stereocenters. The van der Waals surface area contributed by atoms with Gasteiger partial charge in [0.2, 0.25) is 0 Å². The normalized spacial score (nSPS) is 12.9. The molecular formula is C12H14F4O. The van der Waals surface area contributed by atoms with Crippen LogP contribution >= 0.6 is 0 Å². The third-order valence-electron chi connectivity index (χ3n) is 2.45. The van der Waals surface area contributed by atoms with E-state index in [1.807, 2.05) is 0 Å². The van der Waals surface area contributed by atoms with Crippen molar-refractivity contribution >= 4 is 0 Å². The predicted octanol–water partition coefficient (Wildman–Crippen LogP) is 3.41. The highest BCUT2D eigenvalue weighted by Gasteiger charge is 2.34. The number of alkyl halides is 3. The number of benzene rings is 1. The number of aliphatic hydroxyl groups is 1. The lowest BCUT2D eigenvalue weighted by Crippen LogP contribution is -2.20. The molecule has 96 valence electrons. The molecule has 17 heavy (non-hydrogen) atoms. The molecule has 0 saturated heterocycles. The molecule has 0 aliphatic heterocycles. The molecule has 0 saturated carbocycles. The maximum Gasteiger partial charge on any atom is 0.419 e. The predicted molar refractivity (Wildman–Crippen MR) is 56.0 cm³/mol. The molecule has 0 aromatic heterocycles. The molecule has 1 aromatic rings. The molecule has 0 bridgehead atoms. The molecule has 1 aromatic carbocycles. The topological polar surface area (TPSA) is 20.2 Å². The van der Waals surface area contributed by atoms with Gasteiger partial charge < -0.3 is 5.11 Å². The third kappa shape index (κ3) is 3.70. The second-order valence-electron chi connectivity index (χ2n) is 4.81. The third-order valence-corrected chi connectivity index (χ3v) is 2.45. The molecule has 0 amide bonds. The number of rotatable bonds is 3. The summed E-state index contributed by atoms with van der Waals surface area (Å²) in [7, 11) is 0. The van der Waals surface area contributed by atoms with Gasteiger partial charge in [-0.1, -0.05) is 19.9 Å². The van der Waals surface area contributed by atoms with Gasteiger partial charge in [0.05, 0.1) is 5.56 Å². The summed E-state index contributed by atoms with van der Waals surface area (Å²) in [6, 6.07) is 2.85. The highest BCUT2D eigenvalue weighted by Crippen LogP contribution is 2.32. The van der Waals surface area contributed by atoms with Crippen LogP contribution in [0.15, 0.2) is 18.2 Å². The lowest BCUT2D eigenvalue weighted by Gasteiger charge is -2.21. The Morgan fingerprint density at radius 2 is 1.76 bits per heavy atom.